The van der Waals surface area contributed by atoms with Gasteiger partial charge in [0.05, 0.1) is 0 Å². The van der Waals surface area contributed by atoms with Crippen molar-refractivity contribution in [1.29, 1.82) is 0 Å². The molecule has 0 radical (unpaired) electrons. The third kappa shape index (κ3) is 5.67. The van der Waals surface area contributed by atoms with Gasteiger partial charge in [0.25, 0.3) is 0 Å². The zero-order chi connectivity index (χ0) is 14.3. The number of rotatable bonds is 9. The molecule has 19 heavy (non-hydrogen) atoms. The van der Waals surface area contributed by atoms with Crippen LogP contribution in [0.4, 0.5) is 0 Å². The molecule has 0 aliphatic rings. The van der Waals surface area contributed by atoms with Gasteiger partial charge in [-0.15, -0.1) is 0 Å². The minimum Gasteiger partial charge on any atom is -0.384 e. The van der Waals surface area contributed by atoms with Crippen molar-refractivity contribution >= 4 is 0 Å². The van der Waals surface area contributed by atoms with Crippen LogP contribution in [0, 0.1) is 11.8 Å². The number of nitrogens with zero attached hydrogens (tertiary/aromatic N) is 3. The van der Waals surface area contributed by atoms with Crippen LogP contribution in [0.15, 0.2) is 6.33 Å². The standard InChI is InChI=1S/C13H27N5O/c1-10(2)7-18-13(15-9-16-18)6-12(17-14)5-11(3)8-19-4/h9-12,17H,5-8,14H2,1-4H3. The average molecular weight is 269 g/mol. The first-order chi connectivity index (χ1) is 9.06. The van der Waals surface area contributed by atoms with Gasteiger partial charge in [-0.25, -0.2) is 9.67 Å². The Kier molecular flexibility index (Phi) is 6.97. The van der Waals surface area contributed by atoms with Crippen molar-refractivity contribution in [3.05, 3.63) is 12.2 Å². The maximum Gasteiger partial charge on any atom is 0.138 e. The first kappa shape index (κ1) is 16.1. The third-order valence-electron chi connectivity index (χ3n) is 3.04. The highest BCUT2D eigenvalue weighted by atomic mass is 16.5. The Bertz CT molecular complexity index is 353. The lowest BCUT2D eigenvalue weighted by Gasteiger charge is -2.20. The summed E-state index contributed by atoms with van der Waals surface area (Å²) >= 11 is 0. The van der Waals surface area contributed by atoms with E-state index in [1.54, 1.807) is 13.4 Å². The molecule has 1 heterocycles. The molecule has 0 aromatic carbocycles. The number of aromatic nitrogens is 3. The topological polar surface area (TPSA) is 78.0 Å². The quantitative estimate of drug-likeness (QED) is 0.516. The summed E-state index contributed by atoms with van der Waals surface area (Å²) in [6, 6.07) is 0.195. The van der Waals surface area contributed by atoms with Crippen LogP contribution in [0.2, 0.25) is 0 Å². The van der Waals surface area contributed by atoms with Crippen LogP contribution in [-0.4, -0.2) is 34.5 Å². The van der Waals surface area contributed by atoms with Crippen LogP contribution in [0.5, 0.6) is 0 Å². The second-order valence-corrected chi connectivity index (χ2v) is 5.62. The van der Waals surface area contributed by atoms with Gasteiger partial charge in [0, 0.05) is 32.7 Å². The van der Waals surface area contributed by atoms with Crippen molar-refractivity contribution in [3.8, 4) is 0 Å². The highest BCUT2D eigenvalue weighted by Crippen LogP contribution is 2.11. The molecule has 1 aromatic heterocycles. The Morgan fingerprint density at radius 3 is 2.74 bits per heavy atom. The van der Waals surface area contributed by atoms with Crippen LogP contribution in [0.25, 0.3) is 0 Å². The number of hydrogen-bond donors (Lipinski definition) is 2. The summed E-state index contributed by atoms with van der Waals surface area (Å²) in [6.45, 7) is 8.14. The molecular formula is C13H27N5O. The maximum absolute atomic E-state index is 5.64. The van der Waals surface area contributed by atoms with Gasteiger partial charge in [0.2, 0.25) is 0 Å². The molecule has 0 saturated heterocycles. The van der Waals surface area contributed by atoms with Crippen molar-refractivity contribution in [2.24, 2.45) is 17.7 Å². The van der Waals surface area contributed by atoms with Crippen LogP contribution in [0.1, 0.15) is 33.0 Å². The van der Waals surface area contributed by atoms with E-state index in [1.807, 2.05) is 4.68 Å². The summed E-state index contributed by atoms with van der Waals surface area (Å²) < 4.78 is 7.13. The van der Waals surface area contributed by atoms with E-state index in [-0.39, 0.29) is 6.04 Å². The van der Waals surface area contributed by atoms with E-state index in [0.29, 0.717) is 11.8 Å². The largest absolute Gasteiger partial charge is 0.384 e. The minimum absolute atomic E-state index is 0.195. The van der Waals surface area contributed by atoms with Crippen molar-refractivity contribution in [2.45, 2.75) is 46.2 Å². The maximum atomic E-state index is 5.64. The van der Waals surface area contributed by atoms with Gasteiger partial charge in [0.1, 0.15) is 12.2 Å². The zero-order valence-electron chi connectivity index (χ0n) is 12.5. The monoisotopic (exact) mass is 269 g/mol. The summed E-state index contributed by atoms with van der Waals surface area (Å²) in [5.41, 5.74) is 2.87. The fourth-order valence-electron chi connectivity index (χ4n) is 2.21. The Balaban J connectivity index is 2.57. The molecule has 2 unspecified atom stereocenters. The predicted molar refractivity (Wildman–Crippen MR) is 75.3 cm³/mol. The first-order valence-electron chi connectivity index (χ1n) is 6.88. The van der Waals surface area contributed by atoms with E-state index >= 15 is 0 Å². The molecule has 1 aromatic rings. The highest BCUT2D eigenvalue weighted by Gasteiger charge is 2.16. The van der Waals surface area contributed by atoms with Gasteiger partial charge in [0.15, 0.2) is 0 Å². The summed E-state index contributed by atoms with van der Waals surface area (Å²) in [5, 5.41) is 4.27. The average Bonchev–Trinajstić information content (AvgIpc) is 2.75. The second-order valence-electron chi connectivity index (χ2n) is 5.62. The number of ether oxygens (including phenoxy) is 1. The van der Waals surface area contributed by atoms with E-state index in [2.05, 4.69) is 36.3 Å². The van der Waals surface area contributed by atoms with Crippen molar-refractivity contribution in [2.75, 3.05) is 13.7 Å². The third-order valence-corrected chi connectivity index (χ3v) is 3.04. The molecule has 0 bridgehead atoms. The Morgan fingerprint density at radius 2 is 2.16 bits per heavy atom. The lowest BCUT2D eigenvalue weighted by Crippen LogP contribution is -2.39. The second kappa shape index (κ2) is 8.24. The molecule has 0 aliphatic carbocycles. The first-order valence-corrected chi connectivity index (χ1v) is 6.88. The molecular weight excluding hydrogens is 242 g/mol. The van der Waals surface area contributed by atoms with E-state index < -0.39 is 0 Å². The zero-order valence-corrected chi connectivity index (χ0v) is 12.5. The Hall–Kier alpha value is -0.980. The van der Waals surface area contributed by atoms with Gasteiger partial charge < -0.3 is 4.74 Å². The van der Waals surface area contributed by atoms with Gasteiger partial charge in [-0.2, -0.15) is 5.10 Å². The molecule has 0 fully saturated rings. The molecule has 110 valence electrons. The summed E-state index contributed by atoms with van der Waals surface area (Å²) in [7, 11) is 1.72. The summed E-state index contributed by atoms with van der Waals surface area (Å²) in [5.74, 6) is 7.64. The van der Waals surface area contributed by atoms with Crippen molar-refractivity contribution in [1.82, 2.24) is 20.2 Å². The molecule has 0 amide bonds. The van der Waals surface area contributed by atoms with Crippen LogP contribution >= 0.6 is 0 Å². The van der Waals surface area contributed by atoms with Crippen LogP contribution in [-0.2, 0) is 17.7 Å². The Morgan fingerprint density at radius 1 is 1.42 bits per heavy atom. The molecule has 0 spiro atoms. The van der Waals surface area contributed by atoms with Gasteiger partial charge in [-0.1, -0.05) is 20.8 Å². The SMILES string of the molecule is COCC(C)CC(Cc1ncnn1CC(C)C)NN. The smallest absolute Gasteiger partial charge is 0.138 e. The highest BCUT2D eigenvalue weighted by molar-refractivity contribution is 4.90. The molecule has 3 N–H and O–H groups in total. The van der Waals surface area contributed by atoms with Crippen molar-refractivity contribution in [3.63, 3.8) is 0 Å². The molecule has 0 saturated carbocycles. The van der Waals surface area contributed by atoms with Gasteiger partial charge in [-0.05, 0) is 18.3 Å². The number of nitrogens with one attached hydrogen (secondary N) is 1. The molecule has 6 heteroatoms. The Labute approximate surface area is 115 Å². The summed E-state index contributed by atoms with van der Waals surface area (Å²) in [4.78, 5) is 4.34. The lowest BCUT2D eigenvalue weighted by atomic mass is 10.0. The number of methoxy groups -OCH3 is 1. The van der Waals surface area contributed by atoms with Crippen LogP contribution in [0.3, 0.4) is 0 Å². The van der Waals surface area contributed by atoms with Gasteiger partial charge in [-0.3, -0.25) is 11.3 Å². The fraction of sp³-hybridized carbons (Fsp3) is 0.846. The van der Waals surface area contributed by atoms with Crippen molar-refractivity contribution < 1.29 is 4.74 Å². The van der Waals surface area contributed by atoms with Crippen LogP contribution < -0.4 is 11.3 Å². The number of nitrogens with two attached hydrogens (primary N) is 1. The molecule has 0 aliphatic heterocycles. The van der Waals surface area contributed by atoms with E-state index in [1.165, 1.54) is 0 Å². The predicted octanol–water partition coefficient (Wildman–Crippen LogP) is 0.981. The lowest BCUT2D eigenvalue weighted by molar-refractivity contribution is 0.149. The number of hydrogen-bond acceptors (Lipinski definition) is 5. The minimum atomic E-state index is 0.195. The van der Waals surface area contributed by atoms with Gasteiger partial charge >= 0.3 is 0 Å². The van der Waals surface area contributed by atoms with E-state index in [4.69, 9.17) is 10.6 Å². The molecule has 6 nitrogen and oxygen atoms in total. The normalized spacial score (nSPS) is 14.8. The van der Waals surface area contributed by atoms with E-state index in [0.717, 1.165) is 31.8 Å². The van der Waals surface area contributed by atoms with E-state index in [9.17, 15) is 0 Å². The summed E-state index contributed by atoms with van der Waals surface area (Å²) in [6.07, 6.45) is 3.36. The fourth-order valence-corrected chi connectivity index (χ4v) is 2.21. The number of hydrazine groups is 1. The molecule has 1 rings (SSSR count). The molecule has 2 atom stereocenters.